The lowest BCUT2D eigenvalue weighted by Crippen LogP contribution is -2.34. The van der Waals surface area contributed by atoms with E-state index in [1.807, 2.05) is 0 Å². The Morgan fingerprint density at radius 2 is 1.80 bits per heavy atom. The Morgan fingerprint density at radius 3 is 2.35 bits per heavy atom. The summed E-state index contributed by atoms with van der Waals surface area (Å²) in [5.41, 5.74) is 6.29. The van der Waals surface area contributed by atoms with E-state index in [-0.39, 0.29) is 12.5 Å². The average Bonchev–Trinajstić information content (AvgIpc) is 3.31. The van der Waals surface area contributed by atoms with Crippen molar-refractivity contribution >= 4 is 11.6 Å². The predicted molar refractivity (Wildman–Crippen MR) is 78.3 cm³/mol. The highest BCUT2D eigenvalue weighted by Crippen LogP contribution is 2.48. The lowest BCUT2D eigenvalue weighted by Gasteiger charge is -2.16. The third kappa shape index (κ3) is 3.65. The Balaban J connectivity index is 1.39. The maximum atomic E-state index is 11.8. The maximum Gasteiger partial charge on any atom is 0.257 e. The highest BCUT2D eigenvalue weighted by molar-refractivity contribution is 5.77. The molecule has 0 saturated heterocycles. The van der Waals surface area contributed by atoms with E-state index >= 15 is 0 Å². The highest BCUT2D eigenvalue weighted by atomic mass is 16.5. The number of benzene rings is 1. The molecular weight excluding hydrogens is 252 g/mol. The number of amides is 1. The highest BCUT2D eigenvalue weighted by Gasteiger charge is 2.41. The first-order valence-corrected chi connectivity index (χ1v) is 7.47. The summed E-state index contributed by atoms with van der Waals surface area (Å²) in [6, 6.07) is 7.09. The second kappa shape index (κ2) is 5.73. The lowest BCUT2D eigenvalue weighted by atomic mass is 9.98. The van der Waals surface area contributed by atoms with Crippen molar-refractivity contribution in [2.75, 3.05) is 18.9 Å². The first-order chi connectivity index (χ1) is 9.72. The van der Waals surface area contributed by atoms with Gasteiger partial charge in [-0.25, -0.2) is 0 Å². The molecule has 3 rings (SSSR count). The minimum atomic E-state index is -0.0341. The van der Waals surface area contributed by atoms with Crippen LogP contribution in [-0.4, -0.2) is 19.1 Å². The van der Waals surface area contributed by atoms with Crippen molar-refractivity contribution in [3.63, 3.8) is 0 Å². The van der Waals surface area contributed by atoms with Gasteiger partial charge in [0.15, 0.2) is 6.61 Å². The van der Waals surface area contributed by atoms with Crippen LogP contribution in [0.25, 0.3) is 0 Å². The molecule has 4 nitrogen and oxygen atoms in total. The van der Waals surface area contributed by atoms with Crippen molar-refractivity contribution in [3.05, 3.63) is 24.3 Å². The van der Waals surface area contributed by atoms with Crippen LogP contribution in [0.4, 0.5) is 5.69 Å². The standard InChI is InChI=1S/C16H22N2O2/c17-13-5-7-14(8-6-13)20-10-16(19)18-9-15(11-1-2-11)12-3-4-12/h5-8,11-12,15H,1-4,9-10,17H2,(H,18,19). The fourth-order valence-corrected chi connectivity index (χ4v) is 2.76. The first kappa shape index (κ1) is 13.3. The fraction of sp³-hybridized carbons (Fsp3) is 0.562. The minimum absolute atomic E-state index is 0.0341. The van der Waals surface area contributed by atoms with Gasteiger partial charge in [-0.05, 0) is 67.7 Å². The number of nitrogens with one attached hydrogen (secondary N) is 1. The second-order valence-electron chi connectivity index (χ2n) is 6.00. The first-order valence-electron chi connectivity index (χ1n) is 7.47. The Bertz CT molecular complexity index is 452. The van der Waals surface area contributed by atoms with Crippen molar-refractivity contribution in [1.82, 2.24) is 5.32 Å². The van der Waals surface area contributed by atoms with E-state index in [9.17, 15) is 4.79 Å². The zero-order chi connectivity index (χ0) is 13.9. The molecule has 1 aromatic rings. The molecule has 3 N–H and O–H groups in total. The lowest BCUT2D eigenvalue weighted by molar-refractivity contribution is -0.123. The summed E-state index contributed by atoms with van der Waals surface area (Å²) in [5, 5.41) is 3.02. The summed E-state index contributed by atoms with van der Waals surface area (Å²) in [7, 11) is 0. The van der Waals surface area contributed by atoms with Crippen LogP contribution < -0.4 is 15.8 Å². The molecule has 0 aliphatic heterocycles. The van der Waals surface area contributed by atoms with Crippen molar-refractivity contribution < 1.29 is 9.53 Å². The van der Waals surface area contributed by atoms with Crippen LogP contribution >= 0.6 is 0 Å². The van der Waals surface area contributed by atoms with Crippen LogP contribution in [0.2, 0.25) is 0 Å². The number of hydrogen-bond acceptors (Lipinski definition) is 3. The van der Waals surface area contributed by atoms with Crippen LogP contribution in [0.15, 0.2) is 24.3 Å². The Hall–Kier alpha value is -1.71. The Kier molecular flexibility index (Phi) is 3.81. The number of carbonyl (C=O) groups is 1. The minimum Gasteiger partial charge on any atom is -0.484 e. The number of carbonyl (C=O) groups excluding carboxylic acids is 1. The summed E-state index contributed by atoms with van der Waals surface area (Å²) >= 11 is 0. The van der Waals surface area contributed by atoms with E-state index in [1.54, 1.807) is 24.3 Å². The summed E-state index contributed by atoms with van der Waals surface area (Å²) in [4.78, 5) is 11.8. The molecule has 0 bridgehead atoms. The molecule has 0 radical (unpaired) electrons. The van der Waals surface area contributed by atoms with Gasteiger partial charge in [-0.15, -0.1) is 0 Å². The summed E-state index contributed by atoms with van der Waals surface area (Å²) in [6.45, 7) is 0.894. The molecule has 0 heterocycles. The number of ether oxygens (including phenoxy) is 1. The van der Waals surface area contributed by atoms with Crippen molar-refractivity contribution in [1.29, 1.82) is 0 Å². The molecule has 108 valence electrons. The number of anilines is 1. The Labute approximate surface area is 119 Å². The molecular formula is C16H22N2O2. The van der Waals surface area contributed by atoms with Gasteiger partial charge < -0.3 is 15.8 Å². The maximum absolute atomic E-state index is 11.8. The molecule has 0 aromatic heterocycles. The smallest absolute Gasteiger partial charge is 0.257 e. The summed E-state index contributed by atoms with van der Waals surface area (Å²) in [6.07, 6.45) is 5.38. The van der Waals surface area contributed by atoms with Gasteiger partial charge in [0, 0.05) is 12.2 Å². The van der Waals surface area contributed by atoms with Gasteiger partial charge in [0.05, 0.1) is 0 Å². The molecule has 0 spiro atoms. The number of nitrogens with two attached hydrogens (primary N) is 1. The van der Waals surface area contributed by atoms with Crippen LogP contribution in [-0.2, 0) is 4.79 Å². The zero-order valence-electron chi connectivity index (χ0n) is 11.7. The number of rotatable bonds is 7. The topological polar surface area (TPSA) is 64.3 Å². The van der Waals surface area contributed by atoms with Gasteiger partial charge in [-0.3, -0.25) is 4.79 Å². The van der Waals surface area contributed by atoms with Gasteiger partial charge in [0.25, 0.3) is 5.91 Å². The van der Waals surface area contributed by atoms with E-state index in [4.69, 9.17) is 10.5 Å². The molecule has 1 amide bonds. The van der Waals surface area contributed by atoms with Crippen LogP contribution in [0.3, 0.4) is 0 Å². The SMILES string of the molecule is Nc1ccc(OCC(=O)NCC(C2CC2)C2CC2)cc1. The molecule has 2 aliphatic carbocycles. The number of hydrogen-bond donors (Lipinski definition) is 2. The third-order valence-corrected chi connectivity index (χ3v) is 4.24. The van der Waals surface area contributed by atoms with Crippen molar-refractivity contribution in [2.24, 2.45) is 17.8 Å². The zero-order valence-corrected chi connectivity index (χ0v) is 11.7. The van der Waals surface area contributed by atoms with Gasteiger partial charge in [-0.2, -0.15) is 0 Å². The normalized spacial score (nSPS) is 18.1. The number of nitrogen functional groups attached to an aromatic ring is 1. The van der Waals surface area contributed by atoms with E-state index < -0.39 is 0 Å². The van der Waals surface area contributed by atoms with E-state index in [2.05, 4.69) is 5.32 Å². The third-order valence-electron chi connectivity index (χ3n) is 4.24. The van der Waals surface area contributed by atoms with Crippen LogP contribution in [0.5, 0.6) is 5.75 Å². The molecule has 0 unspecified atom stereocenters. The molecule has 2 fully saturated rings. The van der Waals surface area contributed by atoms with Gasteiger partial charge >= 0.3 is 0 Å². The van der Waals surface area contributed by atoms with Crippen molar-refractivity contribution in [3.8, 4) is 5.75 Å². The molecule has 1 aromatic carbocycles. The van der Waals surface area contributed by atoms with Crippen molar-refractivity contribution in [2.45, 2.75) is 25.7 Å². The average molecular weight is 274 g/mol. The van der Waals surface area contributed by atoms with Gasteiger partial charge in [-0.1, -0.05) is 0 Å². The molecule has 0 atom stereocenters. The second-order valence-corrected chi connectivity index (χ2v) is 6.00. The van der Waals surface area contributed by atoms with Gasteiger partial charge in [0.2, 0.25) is 0 Å². The molecule has 2 saturated carbocycles. The largest absolute Gasteiger partial charge is 0.484 e. The summed E-state index contributed by atoms with van der Waals surface area (Å²) in [5.74, 6) is 3.07. The fourth-order valence-electron chi connectivity index (χ4n) is 2.76. The Morgan fingerprint density at radius 1 is 1.20 bits per heavy atom. The van der Waals surface area contributed by atoms with Crippen LogP contribution in [0, 0.1) is 17.8 Å². The molecule has 4 heteroatoms. The summed E-state index contributed by atoms with van der Waals surface area (Å²) < 4.78 is 5.44. The molecule has 2 aliphatic rings. The monoisotopic (exact) mass is 274 g/mol. The van der Waals surface area contributed by atoms with Crippen LogP contribution in [0.1, 0.15) is 25.7 Å². The van der Waals surface area contributed by atoms with E-state index in [1.165, 1.54) is 25.7 Å². The van der Waals surface area contributed by atoms with E-state index in [0.29, 0.717) is 17.4 Å². The van der Waals surface area contributed by atoms with Gasteiger partial charge in [0.1, 0.15) is 5.75 Å². The van der Waals surface area contributed by atoms with E-state index in [0.717, 1.165) is 18.4 Å². The quantitative estimate of drug-likeness (QED) is 0.749. The molecule has 20 heavy (non-hydrogen) atoms. The predicted octanol–water partition coefficient (Wildman–Crippen LogP) is 2.20.